The minimum Gasteiger partial charge on any atom is -0.434 e. The molecular weight excluding hydrogens is 344 g/mol. The van der Waals surface area contributed by atoms with Crippen molar-refractivity contribution in [3.05, 3.63) is 28.2 Å². The van der Waals surface area contributed by atoms with Gasteiger partial charge in [0.25, 0.3) is 0 Å². The molecule has 0 amide bonds. The third-order valence-corrected chi connectivity index (χ3v) is 4.29. The Morgan fingerprint density at radius 3 is 2.67 bits per heavy atom. The van der Waals surface area contributed by atoms with E-state index < -0.39 is 12.2 Å². The lowest BCUT2D eigenvalue weighted by Crippen LogP contribution is -2.41. The van der Waals surface area contributed by atoms with E-state index in [0.717, 1.165) is 30.2 Å². The van der Waals surface area contributed by atoms with E-state index in [2.05, 4.69) is 26.0 Å². The third kappa shape index (κ3) is 5.20. The molecule has 21 heavy (non-hydrogen) atoms. The minimum atomic E-state index is -2.84. The highest BCUT2D eigenvalue weighted by Crippen LogP contribution is 2.28. The number of nitrogens with one attached hydrogen (secondary N) is 1. The molecule has 0 unspecified atom stereocenters. The van der Waals surface area contributed by atoms with Gasteiger partial charge in [0, 0.05) is 23.1 Å². The minimum absolute atomic E-state index is 0.163. The van der Waals surface area contributed by atoms with E-state index in [4.69, 9.17) is 0 Å². The highest BCUT2D eigenvalue weighted by atomic mass is 79.9. The Morgan fingerprint density at radius 2 is 2.00 bits per heavy atom. The molecule has 1 aromatic rings. The Morgan fingerprint density at radius 1 is 1.29 bits per heavy atom. The van der Waals surface area contributed by atoms with Gasteiger partial charge in [-0.05, 0) is 31.0 Å². The maximum absolute atomic E-state index is 12.4. The molecule has 3 nitrogen and oxygen atoms in total. The topological polar surface area (TPSA) is 41.5 Å². The van der Waals surface area contributed by atoms with Gasteiger partial charge < -0.3 is 15.2 Å². The van der Waals surface area contributed by atoms with E-state index in [1.54, 1.807) is 12.1 Å². The van der Waals surface area contributed by atoms with Crippen molar-refractivity contribution >= 4 is 15.9 Å². The van der Waals surface area contributed by atoms with Gasteiger partial charge in [-0.2, -0.15) is 8.78 Å². The normalized spacial score (nSPS) is 18.0. The van der Waals surface area contributed by atoms with Crippen LogP contribution in [0.4, 0.5) is 8.78 Å². The Hall–Kier alpha value is -0.720. The molecule has 6 heteroatoms. The molecule has 1 aliphatic rings. The number of rotatable bonds is 6. The van der Waals surface area contributed by atoms with Crippen molar-refractivity contribution in [2.24, 2.45) is 0 Å². The van der Waals surface area contributed by atoms with Crippen LogP contribution in [0, 0.1) is 0 Å². The molecule has 0 aliphatic heterocycles. The highest BCUT2D eigenvalue weighted by Gasteiger charge is 2.28. The van der Waals surface area contributed by atoms with Gasteiger partial charge in [0.05, 0.1) is 5.60 Å². The van der Waals surface area contributed by atoms with Crippen LogP contribution >= 0.6 is 15.9 Å². The van der Waals surface area contributed by atoms with Crippen molar-refractivity contribution in [3.63, 3.8) is 0 Å². The molecule has 1 aromatic carbocycles. The zero-order chi connectivity index (χ0) is 15.3. The first-order valence-corrected chi connectivity index (χ1v) is 7.94. The lowest BCUT2D eigenvalue weighted by atomic mass is 9.85. The van der Waals surface area contributed by atoms with Crippen molar-refractivity contribution in [2.75, 3.05) is 6.54 Å². The zero-order valence-electron chi connectivity index (χ0n) is 11.7. The number of ether oxygens (including phenoxy) is 1. The summed E-state index contributed by atoms with van der Waals surface area (Å²) < 4.78 is 30.1. The first-order valence-electron chi connectivity index (χ1n) is 7.15. The average molecular weight is 364 g/mol. The van der Waals surface area contributed by atoms with Crippen LogP contribution in [0.5, 0.6) is 5.75 Å². The first-order chi connectivity index (χ1) is 9.98. The number of hydrogen-bond acceptors (Lipinski definition) is 3. The molecule has 1 saturated carbocycles. The number of alkyl halides is 2. The summed E-state index contributed by atoms with van der Waals surface area (Å²) in [6, 6.07) is 4.92. The fraction of sp³-hybridized carbons (Fsp3) is 0.600. The quantitative estimate of drug-likeness (QED) is 0.806. The van der Waals surface area contributed by atoms with Crippen LogP contribution in [0.1, 0.15) is 37.7 Å². The standard InChI is InChI=1S/C15H20BrF2NO2/c16-12-4-5-13(21-14(17)18)11(8-12)9-19-10-15(20)6-2-1-3-7-15/h4-5,8,14,19-20H,1-3,6-7,9-10H2. The lowest BCUT2D eigenvalue weighted by molar-refractivity contribution is -0.0506. The molecule has 0 radical (unpaired) electrons. The van der Waals surface area contributed by atoms with Gasteiger partial charge >= 0.3 is 6.61 Å². The van der Waals surface area contributed by atoms with E-state index in [0.29, 0.717) is 18.7 Å². The summed E-state index contributed by atoms with van der Waals surface area (Å²) in [6.07, 6.45) is 4.82. The van der Waals surface area contributed by atoms with Crippen molar-refractivity contribution in [2.45, 2.75) is 50.9 Å². The Labute approximate surface area is 131 Å². The summed E-state index contributed by atoms with van der Waals surface area (Å²) in [5.41, 5.74) is -0.0300. The maximum Gasteiger partial charge on any atom is 0.387 e. The number of aliphatic hydroxyl groups is 1. The molecule has 0 atom stereocenters. The molecule has 0 spiro atoms. The molecular formula is C15H20BrF2NO2. The Balaban J connectivity index is 1.94. The summed E-state index contributed by atoms with van der Waals surface area (Å²) in [5.74, 6) is 0.163. The average Bonchev–Trinajstić information content (AvgIpc) is 2.42. The fourth-order valence-corrected chi connectivity index (χ4v) is 3.12. The summed E-state index contributed by atoms with van der Waals surface area (Å²) >= 11 is 3.32. The second kappa shape index (κ2) is 7.51. The van der Waals surface area contributed by atoms with Crippen LogP contribution in [0.3, 0.4) is 0 Å². The fourth-order valence-electron chi connectivity index (χ4n) is 2.71. The molecule has 1 aliphatic carbocycles. The predicted octanol–water partition coefficient (Wildman–Crippen LogP) is 3.84. The lowest BCUT2D eigenvalue weighted by Gasteiger charge is -2.32. The molecule has 2 N–H and O–H groups in total. The monoisotopic (exact) mass is 363 g/mol. The van der Waals surface area contributed by atoms with Crippen LogP contribution < -0.4 is 10.1 Å². The van der Waals surface area contributed by atoms with Gasteiger partial charge in [-0.25, -0.2) is 0 Å². The molecule has 0 heterocycles. The largest absolute Gasteiger partial charge is 0.434 e. The first kappa shape index (κ1) is 16.6. The molecule has 2 rings (SSSR count). The molecule has 0 aromatic heterocycles. The van der Waals surface area contributed by atoms with Gasteiger partial charge in [0.15, 0.2) is 0 Å². The summed E-state index contributed by atoms with van der Waals surface area (Å²) in [6.45, 7) is -2.00. The van der Waals surface area contributed by atoms with Gasteiger partial charge in [0.2, 0.25) is 0 Å². The van der Waals surface area contributed by atoms with Crippen molar-refractivity contribution in [1.29, 1.82) is 0 Å². The van der Waals surface area contributed by atoms with E-state index in [-0.39, 0.29) is 5.75 Å². The highest BCUT2D eigenvalue weighted by molar-refractivity contribution is 9.10. The van der Waals surface area contributed by atoms with Crippen molar-refractivity contribution in [1.82, 2.24) is 5.32 Å². The molecule has 0 bridgehead atoms. The van der Waals surface area contributed by atoms with E-state index in [1.807, 2.05) is 0 Å². The van der Waals surface area contributed by atoms with Crippen LogP contribution in [0.2, 0.25) is 0 Å². The van der Waals surface area contributed by atoms with Crippen LogP contribution in [0.25, 0.3) is 0 Å². The zero-order valence-corrected chi connectivity index (χ0v) is 13.3. The van der Waals surface area contributed by atoms with Crippen LogP contribution in [0.15, 0.2) is 22.7 Å². The van der Waals surface area contributed by atoms with Crippen molar-refractivity contribution < 1.29 is 18.6 Å². The Kier molecular flexibility index (Phi) is 5.96. The van der Waals surface area contributed by atoms with Gasteiger partial charge in [-0.3, -0.25) is 0 Å². The van der Waals surface area contributed by atoms with Crippen LogP contribution in [-0.2, 0) is 6.54 Å². The summed E-state index contributed by atoms with van der Waals surface area (Å²) in [7, 11) is 0. The number of hydrogen-bond donors (Lipinski definition) is 2. The maximum atomic E-state index is 12.4. The summed E-state index contributed by atoms with van der Waals surface area (Å²) in [5, 5.41) is 13.6. The molecule has 118 valence electrons. The second-order valence-electron chi connectivity index (χ2n) is 5.52. The van der Waals surface area contributed by atoms with E-state index in [9.17, 15) is 13.9 Å². The number of halogens is 3. The van der Waals surface area contributed by atoms with E-state index in [1.165, 1.54) is 12.5 Å². The van der Waals surface area contributed by atoms with Gasteiger partial charge in [-0.15, -0.1) is 0 Å². The van der Waals surface area contributed by atoms with Gasteiger partial charge in [-0.1, -0.05) is 35.2 Å². The molecule has 0 saturated heterocycles. The number of benzene rings is 1. The van der Waals surface area contributed by atoms with Gasteiger partial charge in [0.1, 0.15) is 5.75 Å². The molecule has 1 fully saturated rings. The summed E-state index contributed by atoms with van der Waals surface area (Å²) in [4.78, 5) is 0. The SMILES string of the molecule is OC1(CNCc2cc(Br)ccc2OC(F)F)CCCCC1. The predicted molar refractivity (Wildman–Crippen MR) is 80.5 cm³/mol. The van der Waals surface area contributed by atoms with Crippen molar-refractivity contribution in [3.8, 4) is 5.75 Å². The second-order valence-corrected chi connectivity index (χ2v) is 6.43. The Bertz CT molecular complexity index is 465. The third-order valence-electron chi connectivity index (χ3n) is 3.79. The smallest absolute Gasteiger partial charge is 0.387 e. The van der Waals surface area contributed by atoms with E-state index >= 15 is 0 Å². The van der Waals surface area contributed by atoms with Crippen LogP contribution in [-0.4, -0.2) is 23.9 Å².